The number of hydrogen-bond donors (Lipinski definition) is 0. The molecular formula is C89H64BN11. The molecule has 20 rings (SSSR count). The molecule has 101 heavy (non-hydrogen) atoms. The zero-order valence-corrected chi connectivity index (χ0v) is 56.6. The van der Waals surface area contributed by atoms with Gasteiger partial charge < -0.3 is 9.13 Å². The van der Waals surface area contributed by atoms with E-state index in [0.717, 1.165) is 138 Å². The number of fused-ring (bicyclic) bond motifs is 14. The van der Waals surface area contributed by atoms with Crippen LogP contribution in [-0.2, 0) is 0 Å². The summed E-state index contributed by atoms with van der Waals surface area (Å²) in [6.45, 7) is 13.5. The summed E-state index contributed by atoms with van der Waals surface area (Å²) in [4.78, 5) is 27.1. The highest BCUT2D eigenvalue weighted by molar-refractivity contribution is 6.96. The van der Waals surface area contributed by atoms with Crippen molar-refractivity contribution in [3.63, 3.8) is 0 Å². The van der Waals surface area contributed by atoms with Crippen LogP contribution < -0.4 is 16.4 Å². The molecule has 0 saturated heterocycles. The van der Waals surface area contributed by atoms with E-state index in [1.165, 1.54) is 49.8 Å². The van der Waals surface area contributed by atoms with Gasteiger partial charge in [-0.1, -0.05) is 207 Å². The molecule has 13 aromatic carbocycles. The van der Waals surface area contributed by atoms with E-state index in [4.69, 9.17) is 24.9 Å². The molecular weight excluding hydrogens is 1230 g/mol. The molecule has 0 aliphatic rings. The summed E-state index contributed by atoms with van der Waals surface area (Å²) in [5, 5.41) is 8.81. The van der Waals surface area contributed by atoms with Gasteiger partial charge in [-0.2, -0.15) is 15.0 Å². The van der Waals surface area contributed by atoms with Crippen molar-refractivity contribution in [2.45, 2.75) is 41.5 Å². The third-order valence-corrected chi connectivity index (χ3v) is 21.1. The van der Waals surface area contributed by atoms with Crippen LogP contribution in [0.2, 0.25) is 0 Å². The zero-order chi connectivity index (χ0) is 67.5. The molecule has 0 spiro atoms. The third kappa shape index (κ3) is 8.97. The average Bonchev–Trinajstić information content (AvgIpc) is 1.53. The minimum absolute atomic E-state index is 0.0158. The number of nitrogens with zero attached hydrogens (tertiary/aromatic N) is 11. The lowest BCUT2D eigenvalue weighted by molar-refractivity contribution is 0.893. The van der Waals surface area contributed by atoms with E-state index in [1.807, 2.05) is 24.8 Å². The Morgan fingerprint density at radius 2 is 0.614 bits per heavy atom. The summed E-state index contributed by atoms with van der Waals surface area (Å²) in [7, 11) is 0. The smallest absolute Gasteiger partial charge is 0.242 e. The van der Waals surface area contributed by atoms with Gasteiger partial charge in [0, 0.05) is 71.4 Å². The highest BCUT2D eigenvalue weighted by atomic mass is 15.3. The first-order valence-electron chi connectivity index (χ1n) is 34.6. The molecule has 0 saturated carbocycles. The van der Waals surface area contributed by atoms with Crippen LogP contribution in [0.25, 0.3) is 155 Å². The predicted octanol–water partition coefficient (Wildman–Crippen LogP) is 19.0. The summed E-state index contributed by atoms with van der Waals surface area (Å²) in [6, 6.07) is 96.7. The van der Waals surface area contributed by atoms with Gasteiger partial charge in [-0.25, -0.2) is 9.97 Å². The summed E-state index contributed by atoms with van der Waals surface area (Å²) in [5.41, 5.74) is 28.8. The lowest BCUT2D eigenvalue weighted by Crippen LogP contribution is -2.55. The minimum Gasteiger partial charge on any atom is -0.309 e. The lowest BCUT2D eigenvalue weighted by atomic mass is 9.34. The fourth-order valence-corrected chi connectivity index (χ4v) is 17.0. The van der Waals surface area contributed by atoms with Crippen LogP contribution >= 0.6 is 0 Å². The van der Waals surface area contributed by atoms with Crippen molar-refractivity contribution in [1.29, 1.82) is 0 Å². The molecule has 0 amide bonds. The first kappa shape index (κ1) is 58.2. The maximum absolute atomic E-state index is 5.79. The quantitative estimate of drug-likeness (QED) is 0.127. The summed E-state index contributed by atoms with van der Waals surface area (Å²) >= 11 is 0. The van der Waals surface area contributed by atoms with Crippen molar-refractivity contribution in [1.82, 2.24) is 52.3 Å². The summed E-state index contributed by atoms with van der Waals surface area (Å²) in [5.74, 6) is 1.57. The fraction of sp³-hybridized carbons (Fsp3) is 0.0674. The van der Waals surface area contributed by atoms with E-state index in [-0.39, 0.29) is 6.71 Å². The molecule has 20 aromatic rings. The molecule has 0 fully saturated rings. The maximum Gasteiger partial charge on any atom is 0.242 e. The monoisotopic (exact) mass is 1300 g/mol. The van der Waals surface area contributed by atoms with Crippen molar-refractivity contribution < 1.29 is 0 Å². The Bertz CT molecular complexity index is 6410. The van der Waals surface area contributed by atoms with E-state index in [1.54, 1.807) is 0 Å². The molecule has 0 atom stereocenters. The molecule has 0 N–H and O–H groups in total. The first-order valence-corrected chi connectivity index (χ1v) is 34.6. The number of aryl methyl sites for hydroxylation is 6. The van der Waals surface area contributed by atoms with Crippen LogP contribution in [0.5, 0.6) is 0 Å². The van der Waals surface area contributed by atoms with Crippen molar-refractivity contribution in [2.24, 2.45) is 0 Å². The Kier molecular flexibility index (Phi) is 12.9. The average molecular weight is 1300 g/mol. The maximum atomic E-state index is 5.79. The number of hydrogen-bond acceptors (Lipinski definition) is 5. The van der Waals surface area contributed by atoms with Crippen molar-refractivity contribution in [2.75, 3.05) is 0 Å². The highest BCUT2D eigenvalue weighted by Crippen LogP contribution is 2.43. The van der Waals surface area contributed by atoms with Gasteiger partial charge in [-0.05, 0) is 151 Å². The van der Waals surface area contributed by atoms with Crippen molar-refractivity contribution >= 4 is 132 Å². The molecule has 0 radical (unpaired) electrons. The van der Waals surface area contributed by atoms with E-state index in [2.05, 4.69) is 324 Å². The summed E-state index contributed by atoms with van der Waals surface area (Å²) in [6.07, 6.45) is 3.84. The van der Waals surface area contributed by atoms with Gasteiger partial charge in [-0.3, -0.25) is 18.3 Å². The van der Waals surface area contributed by atoms with E-state index in [9.17, 15) is 0 Å². The van der Waals surface area contributed by atoms with Gasteiger partial charge in [-0.15, -0.1) is 0 Å². The van der Waals surface area contributed by atoms with Crippen LogP contribution in [0.1, 0.15) is 33.4 Å². The standard InChI is InChI=1S/C89H64BN11/c1-53-41-55(3)85(56(4)42-53)90(86-57(5)43-54(2)44-58(86)6)60-35-33-59(34-36-60)87-93-88(100-77-31-19-15-27-67(77)71-47-81-69(49-83(71)100)65-25-13-17-29-75(65)98(81)63-37-39-79-73(45-63)91-51-96(79)61-21-9-7-10-22-61)95-89(94-87)101-78-32-20-16-28-68(78)72-48-82-70(50-84(72)101)66-26-14-18-30-76(66)99(82)64-38-40-80-74(46-64)92-52-97(80)62-23-11-8-12-24-62/h7-52H,1-6H3. The molecule has 11 nitrogen and oxygen atoms in total. The Hall–Kier alpha value is -12.9. The molecule has 7 aromatic heterocycles. The minimum atomic E-state index is -0.0158. The van der Waals surface area contributed by atoms with Crippen LogP contribution in [0.3, 0.4) is 0 Å². The van der Waals surface area contributed by atoms with Gasteiger partial charge in [0.15, 0.2) is 5.82 Å². The Morgan fingerprint density at radius 1 is 0.267 bits per heavy atom. The lowest BCUT2D eigenvalue weighted by Gasteiger charge is -2.24. The van der Waals surface area contributed by atoms with E-state index in [0.29, 0.717) is 17.7 Å². The molecule has 478 valence electrons. The molecule has 0 bridgehead atoms. The van der Waals surface area contributed by atoms with Crippen molar-refractivity contribution in [3.8, 4) is 46.0 Å². The summed E-state index contributed by atoms with van der Waals surface area (Å²) < 4.78 is 13.6. The van der Waals surface area contributed by atoms with Gasteiger partial charge in [0.1, 0.15) is 12.7 Å². The van der Waals surface area contributed by atoms with Crippen molar-refractivity contribution in [3.05, 3.63) is 313 Å². The number of benzene rings is 13. The molecule has 7 heterocycles. The van der Waals surface area contributed by atoms with Gasteiger partial charge in [0.05, 0.1) is 66.2 Å². The van der Waals surface area contributed by atoms with E-state index >= 15 is 0 Å². The normalized spacial score (nSPS) is 12.1. The molecule has 0 aliphatic heterocycles. The largest absolute Gasteiger partial charge is 0.309 e. The highest BCUT2D eigenvalue weighted by Gasteiger charge is 2.30. The third-order valence-electron chi connectivity index (χ3n) is 21.1. The number of aromatic nitrogens is 11. The van der Waals surface area contributed by atoms with Crippen LogP contribution in [0.15, 0.2) is 280 Å². The zero-order valence-electron chi connectivity index (χ0n) is 56.6. The molecule has 0 aliphatic carbocycles. The number of imidazole rings is 2. The number of rotatable bonds is 10. The van der Waals surface area contributed by atoms with Crippen LogP contribution in [0, 0.1) is 41.5 Å². The van der Waals surface area contributed by atoms with Gasteiger partial charge >= 0.3 is 0 Å². The Balaban J connectivity index is 0.818. The number of para-hydroxylation sites is 6. The fourth-order valence-electron chi connectivity index (χ4n) is 17.0. The second kappa shape index (κ2) is 22.3. The Labute approximate surface area is 581 Å². The van der Waals surface area contributed by atoms with Gasteiger partial charge in [0.2, 0.25) is 18.6 Å². The first-order chi connectivity index (χ1) is 49.5. The predicted molar refractivity (Wildman–Crippen MR) is 418 cm³/mol. The molecule has 0 unspecified atom stereocenters. The second-order valence-corrected chi connectivity index (χ2v) is 27.4. The second-order valence-electron chi connectivity index (χ2n) is 27.4. The van der Waals surface area contributed by atoms with Gasteiger partial charge in [0.25, 0.3) is 0 Å². The topological polar surface area (TPSA) is 94.0 Å². The van der Waals surface area contributed by atoms with Crippen LogP contribution in [0.4, 0.5) is 0 Å². The Morgan fingerprint density at radius 3 is 1.00 bits per heavy atom. The van der Waals surface area contributed by atoms with E-state index < -0.39 is 0 Å². The SMILES string of the molecule is Cc1cc(C)c(B(c2ccc(-c3nc(-n4c5ccccc5c5cc6c(cc54)c4ccccc4n6-c4ccc5c(c4)ncn5-c4ccccc4)nc(-n4c5ccccc5c5cc6c(cc54)c4ccccc4n6-c4ccc5c(c4)ncn5-c4ccccc4)n3)cc2)c2c(C)cc(C)cc2C)c(C)c1. The molecule has 12 heteroatoms. The van der Waals surface area contributed by atoms with Crippen LogP contribution in [-0.4, -0.2) is 59.0 Å².